The summed E-state index contributed by atoms with van der Waals surface area (Å²) in [7, 11) is 0. The Balaban J connectivity index is 1.40. The third kappa shape index (κ3) is 3.25. The van der Waals surface area contributed by atoms with Crippen molar-refractivity contribution < 1.29 is 0 Å². The fourth-order valence-corrected chi connectivity index (χ4v) is 6.70. The van der Waals surface area contributed by atoms with Crippen LogP contribution in [0.15, 0.2) is 152 Å². The Kier molecular flexibility index (Phi) is 4.90. The maximum Gasteiger partial charge on any atom is 0.0970 e. The Labute approximate surface area is 242 Å². The van der Waals surface area contributed by atoms with Crippen molar-refractivity contribution in [2.75, 3.05) is 0 Å². The lowest BCUT2D eigenvalue weighted by Crippen LogP contribution is -1.97. The molecule has 0 atom stereocenters. The summed E-state index contributed by atoms with van der Waals surface area (Å²) < 4.78 is 4.78. The van der Waals surface area contributed by atoms with E-state index in [0.717, 1.165) is 33.2 Å². The van der Waals surface area contributed by atoms with Crippen LogP contribution in [-0.2, 0) is 0 Å². The lowest BCUT2D eigenvalue weighted by atomic mass is 10.1. The molecule has 0 fully saturated rings. The zero-order valence-corrected chi connectivity index (χ0v) is 22.8. The lowest BCUT2D eigenvalue weighted by Gasteiger charge is -2.12. The molecule has 0 aliphatic rings. The van der Waals surface area contributed by atoms with Gasteiger partial charge in [0.15, 0.2) is 0 Å². The van der Waals surface area contributed by atoms with Gasteiger partial charge in [0, 0.05) is 44.5 Å². The summed E-state index contributed by atoms with van der Waals surface area (Å²) in [5.74, 6) is 0. The van der Waals surface area contributed by atoms with Crippen LogP contribution < -0.4 is 0 Å². The average Bonchev–Trinajstić information content (AvgIpc) is 3.59. The van der Waals surface area contributed by atoms with E-state index in [4.69, 9.17) is 4.98 Å². The molecule has 9 rings (SSSR count). The maximum atomic E-state index is 5.21. The molecule has 6 aromatic carbocycles. The summed E-state index contributed by atoms with van der Waals surface area (Å²) >= 11 is 0. The van der Waals surface area contributed by atoms with Gasteiger partial charge in [-0.3, -0.25) is 4.98 Å². The molecule has 3 heteroatoms. The summed E-state index contributed by atoms with van der Waals surface area (Å²) in [4.78, 5) is 5.21. The van der Waals surface area contributed by atoms with Crippen molar-refractivity contribution in [1.82, 2.24) is 14.1 Å². The minimum absolute atomic E-state index is 1.00. The first-order valence-electron chi connectivity index (χ1n) is 14.3. The first-order valence-corrected chi connectivity index (χ1v) is 14.3. The van der Waals surface area contributed by atoms with E-state index in [0.29, 0.717) is 0 Å². The van der Waals surface area contributed by atoms with E-state index in [9.17, 15) is 0 Å². The van der Waals surface area contributed by atoms with Crippen LogP contribution in [0.25, 0.3) is 77.0 Å². The molecule has 0 aliphatic carbocycles. The smallest absolute Gasteiger partial charge is 0.0970 e. The van der Waals surface area contributed by atoms with Gasteiger partial charge in [-0.1, -0.05) is 103 Å². The average molecular weight is 536 g/mol. The zero-order chi connectivity index (χ0) is 27.6. The largest absolute Gasteiger partial charge is 0.309 e. The van der Waals surface area contributed by atoms with E-state index in [-0.39, 0.29) is 0 Å². The first kappa shape index (κ1) is 23.1. The van der Waals surface area contributed by atoms with Crippen molar-refractivity contribution in [3.63, 3.8) is 0 Å². The normalized spacial score (nSPS) is 11.8. The topological polar surface area (TPSA) is 22.8 Å². The van der Waals surface area contributed by atoms with Crippen LogP contribution in [0, 0.1) is 0 Å². The highest BCUT2D eigenvalue weighted by Gasteiger charge is 2.20. The van der Waals surface area contributed by atoms with E-state index in [2.05, 4.69) is 161 Å². The highest BCUT2D eigenvalue weighted by Crippen LogP contribution is 2.41. The third-order valence-corrected chi connectivity index (χ3v) is 8.55. The number of benzene rings is 6. The van der Waals surface area contributed by atoms with E-state index < -0.39 is 0 Å². The molecule has 3 heterocycles. The molecule has 0 radical (unpaired) electrons. The minimum atomic E-state index is 1.00. The van der Waals surface area contributed by atoms with Gasteiger partial charge in [0.05, 0.1) is 27.6 Å². The molecule has 0 saturated heterocycles. The van der Waals surface area contributed by atoms with Crippen LogP contribution in [0.1, 0.15) is 0 Å². The van der Waals surface area contributed by atoms with Gasteiger partial charge in [0.2, 0.25) is 0 Å². The molecule has 0 saturated carbocycles. The van der Waals surface area contributed by atoms with Crippen LogP contribution in [-0.4, -0.2) is 14.1 Å². The van der Waals surface area contributed by atoms with Gasteiger partial charge >= 0.3 is 0 Å². The second-order valence-corrected chi connectivity index (χ2v) is 10.8. The van der Waals surface area contributed by atoms with E-state index in [1.165, 1.54) is 43.8 Å². The second kappa shape index (κ2) is 8.92. The molecule has 0 amide bonds. The second-order valence-electron chi connectivity index (χ2n) is 10.8. The molecule has 0 N–H and O–H groups in total. The molecule has 0 bridgehead atoms. The summed E-state index contributed by atoms with van der Waals surface area (Å²) in [5.41, 5.74) is 10.4. The van der Waals surface area contributed by atoms with Gasteiger partial charge in [-0.15, -0.1) is 0 Å². The molecule has 0 spiro atoms. The number of pyridine rings is 1. The maximum absolute atomic E-state index is 5.21. The molecule has 9 aromatic rings. The Morgan fingerprint density at radius 2 is 0.881 bits per heavy atom. The number of fused-ring (bicyclic) bond motifs is 9. The van der Waals surface area contributed by atoms with Crippen LogP contribution in [0.2, 0.25) is 0 Å². The number of rotatable bonds is 3. The summed E-state index contributed by atoms with van der Waals surface area (Å²) in [6, 6.07) is 51.9. The number of para-hydroxylation sites is 3. The predicted octanol–water partition coefficient (Wildman–Crippen LogP) is 10.1. The molecular weight excluding hydrogens is 510 g/mol. The van der Waals surface area contributed by atoms with E-state index in [1.807, 2.05) is 0 Å². The molecule has 0 unspecified atom stereocenters. The Hall–Kier alpha value is -5.67. The van der Waals surface area contributed by atoms with E-state index in [1.54, 1.807) is 0 Å². The lowest BCUT2D eigenvalue weighted by molar-refractivity contribution is 1.18. The summed E-state index contributed by atoms with van der Waals surface area (Å²) in [6.45, 7) is 0. The molecule has 3 aromatic heterocycles. The Morgan fingerprint density at radius 3 is 1.60 bits per heavy atom. The van der Waals surface area contributed by atoms with Gasteiger partial charge in [-0.05, 0) is 53.6 Å². The van der Waals surface area contributed by atoms with Gasteiger partial charge in [0.25, 0.3) is 0 Å². The molecule has 0 aliphatic heterocycles. The summed E-state index contributed by atoms with van der Waals surface area (Å²) in [5, 5.41) is 5.95. The minimum Gasteiger partial charge on any atom is -0.309 e. The van der Waals surface area contributed by atoms with Crippen molar-refractivity contribution in [2.45, 2.75) is 0 Å². The van der Waals surface area contributed by atoms with Gasteiger partial charge in [0.1, 0.15) is 0 Å². The highest BCUT2D eigenvalue weighted by atomic mass is 15.0. The van der Waals surface area contributed by atoms with Crippen LogP contribution in [0.4, 0.5) is 0 Å². The predicted molar refractivity (Wildman–Crippen MR) is 176 cm³/mol. The van der Waals surface area contributed by atoms with Crippen LogP contribution >= 0.6 is 0 Å². The van der Waals surface area contributed by atoms with Gasteiger partial charge < -0.3 is 9.13 Å². The first-order chi connectivity index (χ1) is 20.9. The fourth-order valence-electron chi connectivity index (χ4n) is 6.70. The zero-order valence-electron chi connectivity index (χ0n) is 22.8. The summed E-state index contributed by atoms with van der Waals surface area (Å²) in [6.07, 6.45) is 2.07. The van der Waals surface area contributed by atoms with Crippen LogP contribution in [0.5, 0.6) is 0 Å². The number of aromatic nitrogens is 3. The quantitative estimate of drug-likeness (QED) is 0.221. The van der Waals surface area contributed by atoms with Crippen molar-refractivity contribution in [3.05, 3.63) is 152 Å². The molecule has 3 nitrogen and oxygen atoms in total. The molecule has 42 heavy (non-hydrogen) atoms. The van der Waals surface area contributed by atoms with Gasteiger partial charge in [-0.2, -0.15) is 0 Å². The molecule has 196 valence electrons. The SMILES string of the molecule is c1ccc(-c2ccc(-n3c4ccccc4c4ccc5c(ncc6c7ccccc7n(-c7ccccc7)c65)c43)cc2)cc1. The fraction of sp³-hybridized carbons (Fsp3) is 0. The van der Waals surface area contributed by atoms with Crippen LogP contribution in [0.3, 0.4) is 0 Å². The standard InChI is InChI=1S/C39H25N3/c1-3-11-26(12-4-1)27-19-21-29(22-20-27)42-35-17-9-7-15-30(35)32-23-24-33-37(39(32)42)40-25-34-31-16-8-10-18-36(31)41(38(33)34)28-13-5-2-6-14-28/h1-25H. The van der Waals surface area contributed by atoms with Gasteiger partial charge in [-0.25, -0.2) is 0 Å². The monoisotopic (exact) mass is 535 g/mol. The Bertz CT molecular complexity index is 2430. The van der Waals surface area contributed by atoms with Crippen molar-refractivity contribution >= 4 is 54.5 Å². The van der Waals surface area contributed by atoms with E-state index >= 15 is 0 Å². The number of nitrogens with zero attached hydrogens (tertiary/aromatic N) is 3. The third-order valence-electron chi connectivity index (χ3n) is 8.55. The van der Waals surface area contributed by atoms with Crippen molar-refractivity contribution in [1.29, 1.82) is 0 Å². The number of hydrogen-bond donors (Lipinski definition) is 0. The Morgan fingerprint density at radius 1 is 0.357 bits per heavy atom. The van der Waals surface area contributed by atoms with Crippen molar-refractivity contribution in [3.8, 4) is 22.5 Å². The number of hydrogen-bond acceptors (Lipinski definition) is 1. The molecular formula is C39H25N3. The van der Waals surface area contributed by atoms with Crippen molar-refractivity contribution in [2.24, 2.45) is 0 Å². The highest BCUT2D eigenvalue weighted by molar-refractivity contribution is 6.24.